The first-order valence-electron chi connectivity index (χ1n) is 6.37. The molecule has 0 aliphatic carbocycles. The molecule has 1 aliphatic rings. The van der Waals surface area contributed by atoms with Crippen molar-refractivity contribution in [2.45, 2.75) is 19.0 Å². The van der Waals surface area contributed by atoms with Gasteiger partial charge in [-0.05, 0) is 24.6 Å². The molecule has 1 aromatic carbocycles. The molecular weight excluding hydrogens is 270 g/mol. The average Bonchev–Trinajstić information content (AvgIpc) is 2.80. The van der Waals surface area contributed by atoms with Crippen LogP contribution < -0.4 is 15.2 Å². The Morgan fingerprint density at radius 1 is 1.38 bits per heavy atom. The molecule has 6 nitrogen and oxygen atoms in total. The summed E-state index contributed by atoms with van der Waals surface area (Å²) in [5.41, 5.74) is 6.66. The Kier molecular flexibility index (Phi) is 4.03. The molecule has 1 aromatic rings. The number of aliphatic imine (C=N–C) groups is 1. The SMILES string of the molecule is C#CC(C)N1C(=O)N=C(N)C1c1ccc(OC)c(OC)c1. The second-order valence-corrected chi connectivity index (χ2v) is 4.59. The van der Waals surface area contributed by atoms with Crippen LogP contribution in [0.4, 0.5) is 4.79 Å². The van der Waals surface area contributed by atoms with Gasteiger partial charge in [-0.1, -0.05) is 12.0 Å². The first-order valence-corrected chi connectivity index (χ1v) is 6.37. The minimum atomic E-state index is -0.497. The van der Waals surface area contributed by atoms with E-state index in [9.17, 15) is 4.79 Å². The number of carbonyl (C=O) groups excluding carboxylic acids is 1. The fourth-order valence-corrected chi connectivity index (χ4v) is 2.31. The monoisotopic (exact) mass is 287 g/mol. The number of methoxy groups -OCH3 is 2. The number of carbonyl (C=O) groups is 1. The second kappa shape index (κ2) is 5.75. The maximum atomic E-state index is 12.0. The summed E-state index contributed by atoms with van der Waals surface area (Å²) in [7, 11) is 3.10. The molecule has 0 saturated heterocycles. The van der Waals surface area contributed by atoms with Crippen LogP contribution in [0.5, 0.6) is 11.5 Å². The Balaban J connectivity index is 2.46. The number of rotatable bonds is 4. The maximum Gasteiger partial charge on any atom is 0.347 e. The molecule has 0 radical (unpaired) electrons. The zero-order valence-corrected chi connectivity index (χ0v) is 12.2. The highest BCUT2D eigenvalue weighted by molar-refractivity contribution is 6.03. The number of urea groups is 1. The summed E-state index contributed by atoms with van der Waals surface area (Å²) < 4.78 is 10.5. The third kappa shape index (κ3) is 2.50. The Morgan fingerprint density at radius 3 is 2.62 bits per heavy atom. The van der Waals surface area contributed by atoms with E-state index in [0.29, 0.717) is 11.5 Å². The summed E-state index contributed by atoms with van der Waals surface area (Å²) in [6.45, 7) is 1.75. The fraction of sp³-hybridized carbons (Fsp3) is 0.333. The van der Waals surface area contributed by atoms with E-state index in [1.165, 1.54) is 4.90 Å². The Morgan fingerprint density at radius 2 is 2.05 bits per heavy atom. The minimum absolute atomic E-state index is 0.217. The highest BCUT2D eigenvalue weighted by Gasteiger charge is 2.37. The Bertz CT molecular complexity index is 634. The fourth-order valence-electron chi connectivity index (χ4n) is 2.31. The Hall–Kier alpha value is -2.68. The number of amides is 2. The number of benzene rings is 1. The zero-order chi connectivity index (χ0) is 15.6. The molecule has 21 heavy (non-hydrogen) atoms. The van der Waals surface area contributed by atoms with E-state index in [-0.39, 0.29) is 5.84 Å². The van der Waals surface area contributed by atoms with Crippen LogP contribution >= 0.6 is 0 Å². The average molecular weight is 287 g/mol. The van der Waals surface area contributed by atoms with Gasteiger partial charge >= 0.3 is 6.03 Å². The third-order valence-corrected chi connectivity index (χ3v) is 3.39. The summed E-state index contributed by atoms with van der Waals surface area (Å²) in [6.07, 6.45) is 5.42. The molecule has 6 heteroatoms. The minimum Gasteiger partial charge on any atom is -0.493 e. The van der Waals surface area contributed by atoms with Crippen molar-refractivity contribution in [3.63, 3.8) is 0 Å². The van der Waals surface area contributed by atoms with Gasteiger partial charge in [0.1, 0.15) is 11.9 Å². The maximum absolute atomic E-state index is 12.0. The molecule has 1 aliphatic heterocycles. The van der Waals surface area contributed by atoms with E-state index in [1.807, 2.05) is 6.07 Å². The van der Waals surface area contributed by atoms with Crippen molar-refractivity contribution >= 4 is 11.9 Å². The van der Waals surface area contributed by atoms with Crippen molar-refractivity contribution in [2.75, 3.05) is 14.2 Å². The molecule has 110 valence electrons. The van der Waals surface area contributed by atoms with Crippen molar-refractivity contribution < 1.29 is 14.3 Å². The van der Waals surface area contributed by atoms with E-state index in [4.69, 9.17) is 21.6 Å². The lowest BCUT2D eigenvalue weighted by molar-refractivity contribution is 0.199. The van der Waals surface area contributed by atoms with Crippen molar-refractivity contribution in [3.8, 4) is 23.8 Å². The van der Waals surface area contributed by atoms with E-state index in [1.54, 1.807) is 33.3 Å². The highest BCUT2D eigenvalue weighted by Crippen LogP contribution is 2.34. The first kappa shape index (κ1) is 14.7. The lowest BCUT2D eigenvalue weighted by Crippen LogP contribution is -2.38. The molecule has 1 heterocycles. The molecule has 2 atom stereocenters. The number of terminal acetylenes is 1. The number of hydrogen-bond donors (Lipinski definition) is 1. The molecule has 0 aromatic heterocycles. The summed E-state index contributed by atoms with van der Waals surface area (Å²) in [5, 5.41) is 0. The first-order chi connectivity index (χ1) is 10.0. The van der Waals surface area contributed by atoms with Gasteiger partial charge in [0.15, 0.2) is 11.5 Å². The van der Waals surface area contributed by atoms with Gasteiger partial charge in [-0.3, -0.25) is 4.90 Å². The summed E-state index contributed by atoms with van der Waals surface area (Å²) in [6, 6.07) is 3.98. The molecule has 0 fully saturated rings. The molecule has 2 rings (SSSR count). The Labute approximate surface area is 123 Å². The highest BCUT2D eigenvalue weighted by atomic mass is 16.5. The second-order valence-electron chi connectivity index (χ2n) is 4.59. The predicted molar refractivity (Wildman–Crippen MR) is 79.4 cm³/mol. The molecule has 0 saturated carbocycles. The van der Waals surface area contributed by atoms with E-state index in [2.05, 4.69) is 10.9 Å². The number of hydrogen-bond acceptors (Lipinski definition) is 4. The van der Waals surface area contributed by atoms with Gasteiger partial charge in [-0.15, -0.1) is 6.42 Å². The van der Waals surface area contributed by atoms with Gasteiger partial charge < -0.3 is 15.2 Å². The van der Waals surface area contributed by atoms with Crippen LogP contribution in [0.15, 0.2) is 23.2 Å². The topological polar surface area (TPSA) is 77.2 Å². The van der Waals surface area contributed by atoms with Crippen LogP contribution in [0.3, 0.4) is 0 Å². The van der Waals surface area contributed by atoms with Gasteiger partial charge in [0.25, 0.3) is 0 Å². The summed E-state index contributed by atoms with van der Waals surface area (Å²) in [5.74, 6) is 3.89. The van der Waals surface area contributed by atoms with Crippen LogP contribution in [0.25, 0.3) is 0 Å². The normalized spacial score (nSPS) is 19.0. The molecule has 0 spiro atoms. The number of nitrogens with two attached hydrogens (primary N) is 1. The number of amidine groups is 1. The van der Waals surface area contributed by atoms with E-state index < -0.39 is 18.1 Å². The lowest BCUT2D eigenvalue weighted by Gasteiger charge is -2.27. The third-order valence-electron chi connectivity index (χ3n) is 3.39. The quantitative estimate of drug-likeness (QED) is 0.852. The smallest absolute Gasteiger partial charge is 0.347 e. The van der Waals surface area contributed by atoms with Crippen LogP contribution in [-0.4, -0.2) is 37.0 Å². The van der Waals surface area contributed by atoms with Crippen molar-refractivity contribution in [1.29, 1.82) is 0 Å². The van der Waals surface area contributed by atoms with Crippen LogP contribution in [0.1, 0.15) is 18.5 Å². The van der Waals surface area contributed by atoms with Gasteiger partial charge in [0, 0.05) is 0 Å². The van der Waals surface area contributed by atoms with E-state index in [0.717, 1.165) is 5.56 Å². The lowest BCUT2D eigenvalue weighted by atomic mass is 10.0. The largest absolute Gasteiger partial charge is 0.493 e. The van der Waals surface area contributed by atoms with Crippen LogP contribution in [-0.2, 0) is 0 Å². The van der Waals surface area contributed by atoms with Crippen LogP contribution in [0, 0.1) is 12.3 Å². The standard InChI is InChI=1S/C15H17N3O3/c1-5-9(2)18-13(14(16)17-15(18)19)10-6-7-11(20-3)12(8-10)21-4/h1,6-9,13H,2-4H3,(H2,16,17,19). The van der Waals surface area contributed by atoms with Gasteiger partial charge in [-0.2, -0.15) is 4.99 Å². The predicted octanol–water partition coefficient (Wildman–Crippen LogP) is 1.56. The van der Waals surface area contributed by atoms with Gasteiger partial charge in [0.05, 0.1) is 20.3 Å². The molecule has 2 amide bonds. The molecule has 2 unspecified atom stereocenters. The van der Waals surface area contributed by atoms with Crippen LogP contribution in [0.2, 0.25) is 0 Å². The van der Waals surface area contributed by atoms with Gasteiger partial charge in [0.2, 0.25) is 0 Å². The van der Waals surface area contributed by atoms with E-state index >= 15 is 0 Å². The van der Waals surface area contributed by atoms with Crippen molar-refractivity contribution in [1.82, 2.24) is 4.90 Å². The molecule has 0 bridgehead atoms. The summed E-state index contributed by atoms with van der Waals surface area (Å²) in [4.78, 5) is 17.2. The van der Waals surface area contributed by atoms with Gasteiger partial charge in [-0.25, -0.2) is 4.79 Å². The van der Waals surface area contributed by atoms with Crippen molar-refractivity contribution in [2.24, 2.45) is 10.7 Å². The summed E-state index contributed by atoms with van der Waals surface area (Å²) >= 11 is 0. The number of ether oxygens (including phenoxy) is 2. The van der Waals surface area contributed by atoms with Crippen molar-refractivity contribution in [3.05, 3.63) is 23.8 Å². The molecule has 2 N–H and O–H groups in total. The molecular formula is C15H17N3O3. The zero-order valence-electron chi connectivity index (χ0n) is 12.2. The number of nitrogens with zero attached hydrogens (tertiary/aromatic N) is 2.